The Labute approximate surface area is 210 Å². The lowest BCUT2D eigenvalue weighted by Crippen LogP contribution is -2.36. The summed E-state index contributed by atoms with van der Waals surface area (Å²) < 4.78 is 17.4. The third-order valence-corrected chi connectivity index (χ3v) is 7.43. The van der Waals surface area contributed by atoms with Crippen LogP contribution in [0.5, 0.6) is 0 Å². The molecule has 0 unspecified atom stereocenters. The molecular formula is C25H24FN9O2. The molecule has 2 aliphatic rings. The molecule has 0 bridgehead atoms. The summed E-state index contributed by atoms with van der Waals surface area (Å²) in [6, 6.07) is 7.46. The Kier molecular flexibility index (Phi) is 5.11. The van der Waals surface area contributed by atoms with E-state index in [1.807, 2.05) is 25.2 Å². The summed E-state index contributed by atoms with van der Waals surface area (Å²) in [6.45, 7) is -0.275. The van der Waals surface area contributed by atoms with Gasteiger partial charge in [0.25, 0.3) is 5.91 Å². The maximum atomic E-state index is 14.0. The number of hydrogen-bond donors (Lipinski definition) is 2. The van der Waals surface area contributed by atoms with E-state index in [9.17, 15) is 19.2 Å². The van der Waals surface area contributed by atoms with Crippen LogP contribution in [0.4, 0.5) is 10.1 Å². The van der Waals surface area contributed by atoms with Crippen molar-refractivity contribution in [3.8, 4) is 17.3 Å². The molecule has 1 saturated heterocycles. The highest BCUT2D eigenvalue weighted by Gasteiger charge is 2.54. The van der Waals surface area contributed by atoms with Gasteiger partial charge < -0.3 is 16.0 Å². The van der Waals surface area contributed by atoms with E-state index in [2.05, 4.69) is 21.6 Å². The average Bonchev–Trinajstić information content (AvgIpc) is 3.21. The number of nitrogens with two attached hydrogens (primary N) is 1. The zero-order valence-electron chi connectivity index (χ0n) is 20.1. The Bertz CT molecular complexity index is 1610. The highest BCUT2D eigenvalue weighted by atomic mass is 19.1. The van der Waals surface area contributed by atoms with E-state index in [1.54, 1.807) is 22.0 Å². The van der Waals surface area contributed by atoms with Crippen LogP contribution in [0.2, 0.25) is 0 Å². The van der Waals surface area contributed by atoms with Crippen molar-refractivity contribution in [3.63, 3.8) is 0 Å². The molecule has 3 aromatic heterocycles. The van der Waals surface area contributed by atoms with Crippen molar-refractivity contribution < 1.29 is 14.0 Å². The molecule has 2 atom stereocenters. The molecule has 2 fully saturated rings. The molecule has 188 valence electrons. The minimum Gasteiger partial charge on any atom is -0.376 e. The summed E-state index contributed by atoms with van der Waals surface area (Å²) in [4.78, 5) is 31.5. The van der Waals surface area contributed by atoms with Gasteiger partial charge in [-0.2, -0.15) is 15.5 Å². The molecule has 3 N–H and O–H groups in total. The Hall–Kier alpha value is -4.53. The van der Waals surface area contributed by atoms with Crippen molar-refractivity contribution in [1.29, 1.82) is 5.26 Å². The van der Waals surface area contributed by atoms with Crippen LogP contribution in [0.25, 0.3) is 27.8 Å². The molecule has 1 aromatic carbocycles. The van der Waals surface area contributed by atoms with Gasteiger partial charge in [0, 0.05) is 37.0 Å². The van der Waals surface area contributed by atoms with Crippen LogP contribution < -0.4 is 11.1 Å². The molecule has 0 radical (unpaired) electrons. The monoisotopic (exact) mass is 501 g/mol. The third kappa shape index (κ3) is 3.66. The van der Waals surface area contributed by atoms with Crippen LogP contribution in [0.15, 0.2) is 36.8 Å². The summed E-state index contributed by atoms with van der Waals surface area (Å²) in [5, 5.41) is 22.2. The van der Waals surface area contributed by atoms with Crippen molar-refractivity contribution >= 4 is 34.1 Å². The van der Waals surface area contributed by atoms with Gasteiger partial charge in [0.2, 0.25) is 5.91 Å². The van der Waals surface area contributed by atoms with Crippen molar-refractivity contribution in [1.82, 2.24) is 29.3 Å². The molecule has 6 rings (SSSR count). The number of halogens is 1. The molecule has 4 heterocycles. The van der Waals surface area contributed by atoms with Crippen LogP contribution >= 0.6 is 0 Å². The summed E-state index contributed by atoms with van der Waals surface area (Å²) in [7, 11) is 1.87. The van der Waals surface area contributed by atoms with E-state index in [4.69, 9.17) is 10.7 Å². The van der Waals surface area contributed by atoms with Gasteiger partial charge in [0.1, 0.15) is 5.41 Å². The zero-order chi connectivity index (χ0) is 25.9. The average molecular weight is 502 g/mol. The largest absolute Gasteiger partial charge is 0.376 e. The zero-order valence-corrected chi connectivity index (χ0v) is 20.1. The smallest absolute Gasteiger partial charge is 0.252 e. The number of anilines is 1. The molecule has 2 amide bonds. The first-order valence-electron chi connectivity index (χ1n) is 12.0. The van der Waals surface area contributed by atoms with Crippen LogP contribution in [0, 0.1) is 22.7 Å². The van der Waals surface area contributed by atoms with E-state index >= 15 is 0 Å². The second-order valence-electron chi connectivity index (χ2n) is 9.80. The van der Waals surface area contributed by atoms with E-state index < -0.39 is 30.0 Å². The second-order valence-corrected chi connectivity index (χ2v) is 9.80. The quantitative estimate of drug-likeness (QED) is 0.410. The van der Waals surface area contributed by atoms with Crippen LogP contribution in [-0.2, 0) is 11.8 Å². The lowest BCUT2D eigenvalue weighted by atomic mass is 10.0. The van der Waals surface area contributed by atoms with E-state index in [1.165, 1.54) is 10.7 Å². The van der Waals surface area contributed by atoms with Crippen molar-refractivity contribution in [2.45, 2.75) is 18.9 Å². The third-order valence-electron chi connectivity index (χ3n) is 7.43. The number of benzene rings is 1. The van der Waals surface area contributed by atoms with Crippen LogP contribution in [-0.4, -0.2) is 66.9 Å². The topological polar surface area (TPSA) is 147 Å². The van der Waals surface area contributed by atoms with Crippen molar-refractivity contribution in [3.05, 3.63) is 42.4 Å². The van der Waals surface area contributed by atoms with Gasteiger partial charge >= 0.3 is 0 Å². The predicted molar refractivity (Wildman–Crippen MR) is 132 cm³/mol. The Morgan fingerprint density at radius 3 is 2.78 bits per heavy atom. The van der Waals surface area contributed by atoms with Gasteiger partial charge in [-0.15, -0.1) is 0 Å². The number of carbonyl (C=O) groups is 2. The molecule has 12 heteroatoms. The number of imidazole rings is 1. The SMILES string of the molecule is Cn1ncc2cc(-c3cn4ncc(C(N)=O)c(N[C@@H]5CN(C(=O)C6(C#N)CC6)C[C@H]5CF)c4n3)ccc21. The van der Waals surface area contributed by atoms with E-state index in [0.29, 0.717) is 29.9 Å². The number of fused-ring (bicyclic) bond motifs is 2. The number of aryl methyl sites for hydroxylation is 1. The fraction of sp³-hybridized carbons (Fsp3) is 0.360. The molecular weight excluding hydrogens is 477 g/mol. The van der Waals surface area contributed by atoms with Crippen molar-refractivity contribution in [2.24, 2.45) is 24.1 Å². The number of carbonyl (C=O) groups excluding carboxylic acids is 2. The first-order chi connectivity index (χ1) is 17.8. The standard InChI is InChI=1S/C25H24FN9O2/c1-33-20-3-2-14(6-15(20)8-29-33)19-12-35-23(32-19)21(17(9-30-35)22(28)36)31-18-11-34(10-16(18)7-26)24(37)25(13-27)4-5-25/h2-3,6,8-9,12,16,18,31H,4-5,7,10-11H2,1H3,(H2,28,36)/t16-,18-/m1/s1. The van der Waals surface area contributed by atoms with Crippen LogP contribution in [0.3, 0.4) is 0 Å². The molecule has 11 nitrogen and oxygen atoms in total. The Balaban J connectivity index is 1.36. The van der Waals surface area contributed by atoms with Gasteiger partial charge in [-0.1, -0.05) is 6.07 Å². The predicted octanol–water partition coefficient (Wildman–Crippen LogP) is 1.89. The van der Waals surface area contributed by atoms with E-state index in [-0.39, 0.29) is 24.6 Å². The number of rotatable bonds is 6. The van der Waals surface area contributed by atoms with Gasteiger partial charge in [0.05, 0.1) is 59.8 Å². The number of aromatic nitrogens is 5. The first kappa shape index (κ1) is 22.9. The number of nitriles is 1. The molecule has 0 spiro atoms. The second kappa shape index (κ2) is 8.26. The maximum absolute atomic E-state index is 14.0. The normalized spacial score (nSPS) is 20.3. The van der Waals surface area contributed by atoms with Gasteiger partial charge in [-0.3, -0.25) is 18.7 Å². The molecule has 1 aliphatic heterocycles. The van der Waals surface area contributed by atoms with Gasteiger partial charge in [-0.05, 0) is 25.0 Å². The lowest BCUT2D eigenvalue weighted by Gasteiger charge is -2.21. The lowest BCUT2D eigenvalue weighted by molar-refractivity contribution is -0.134. The number of nitrogens with one attached hydrogen (secondary N) is 1. The summed E-state index contributed by atoms with van der Waals surface area (Å²) >= 11 is 0. The minimum atomic E-state index is -0.981. The highest BCUT2D eigenvalue weighted by Crippen LogP contribution is 2.47. The van der Waals surface area contributed by atoms with Crippen molar-refractivity contribution in [2.75, 3.05) is 25.1 Å². The number of nitrogens with zero attached hydrogens (tertiary/aromatic N) is 7. The first-order valence-corrected chi connectivity index (χ1v) is 12.0. The van der Waals surface area contributed by atoms with Crippen LogP contribution in [0.1, 0.15) is 23.2 Å². The van der Waals surface area contributed by atoms with Gasteiger partial charge in [-0.25, -0.2) is 9.50 Å². The summed E-state index contributed by atoms with van der Waals surface area (Å²) in [6.07, 6.45) is 5.91. The van der Waals surface area contributed by atoms with Gasteiger partial charge in [0.15, 0.2) is 5.65 Å². The minimum absolute atomic E-state index is 0.116. The number of likely N-dealkylation sites (tertiary alicyclic amines) is 1. The summed E-state index contributed by atoms with van der Waals surface area (Å²) in [5.74, 6) is -1.49. The highest BCUT2D eigenvalue weighted by molar-refractivity contribution is 6.01. The van der Waals surface area contributed by atoms with E-state index in [0.717, 1.165) is 16.5 Å². The number of amides is 2. The maximum Gasteiger partial charge on any atom is 0.252 e. The molecule has 1 saturated carbocycles. The fourth-order valence-corrected chi connectivity index (χ4v) is 5.07. The number of alkyl halides is 1. The number of hydrogen-bond acceptors (Lipinski definition) is 7. The summed E-state index contributed by atoms with van der Waals surface area (Å²) in [5.41, 5.74) is 7.91. The molecule has 37 heavy (non-hydrogen) atoms. The molecule has 4 aromatic rings. The molecule has 1 aliphatic carbocycles. The number of primary amides is 1. The Morgan fingerprint density at radius 2 is 2.08 bits per heavy atom. The fourth-order valence-electron chi connectivity index (χ4n) is 5.07. The Morgan fingerprint density at radius 1 is 1.27 bits per heavy atom.